The van der Waals surface area contributed by atoms with Crippen molar-refractivity contribution in [3.05, 3.63) is 60.4 Å². The SMILES string of the molecule is O=C(NCCO)[C@H](Cc1ccccc1)n1cccc1. The van der Waals surface area contributed by atoms with Crippen LogP contribution in [0.4, 0.5) is 0 Å². The molecular weight excluding hydrogens is 240 g/mol. The Balaban J connectivity index is 2.13. The maximum absolute atomic E-state index is 12.2. The lowest BCUT2D eigenvalue weighted by Crippen LogP contribution is -2.35. The van der Waals surface area contributed by atoms with E-state index in [1.165, 1.54) is 0 Å². The highest BCUT2D eigenvalue weighted by Gasteiger charge is 2.19. The summed E-state index contributed by atoms with van der Waals surface area (Å²) in [5, 5.41) is 11.5. The van der Waals surface area contributed by atoms with Gasteiger partial charge in [0.05, 0.1) is 6.61 Å². The normalized spacial score (nSPS) is 12.1. The number of benzene rings is 1. The highest BCUT2D eigenvalue weighted by Crippen LogP contribution is 2.15. The number of amides is 1. The molecule has 0 spiro atoms. The summed E-state index contributed by atoms with van der Waals surface area (Å²) in [5.74, 6) is -0.0749. The Kier molecular flexibility index (Phi) is 4.75. The Morgan fingerprint density at radius 3 is 2.47 bits per heavy atom. The average molecular weight is 258 g/mol. The van der Waals surface area contributed by atoms with E-state index in [2.05, 4.69) is 5.32 Å². The number of carbonyl (C=O) groups excluding carboxylic acids is 1. The molecule has 1 aromatic heterocycles. The monoisotopic (exact) mass is 258 g/mol. The van der Waals surface area contributed by atoms with Crippen LogP contribution in [0.3, 0.4) is 0 Å². The molecule has 1 atom stereocenters. The molecule has 0 fully saturated rings. The zero-order valence-corrected chi connectivity index (χ0v) is 10.7. The van der Waals surface area contributed by atoms with Gasteiger partial charge in [-0.25, -0.2) is 0 Å². The second-order valence-electron chi connectivity index (χ2n) is 4.35. The van der Waals surface area contributed by atoms with Gasteiger partial charge in [0, 0.05) is 25.4 Å². The van der Waals surface area contributed by atoms with Crippen LogP contribution in [-0.2, 0) is 11.2 Å². The maximum atomic E-state index is 12.2. The van der Waals surface area contributed by atoms with E-state index in [0.717, 1.165) is 5.56 Å². The second kappa shape index (κ2) is 6.75. The molecule has 1 heterocycles. The predicted octanol–water partition coefficient (Wildman–Crippen LogP) is 1.38. The van der Waals surface area contributed by atoms with Gasteiger partial charge in [-0.1, -0.05) is 30.3 Å². The second-order valence-corrected chi connectivity index (χ2v) is 4.35. The highest BCUT2D eigenvalue weighted by molar-refractivity contribution is 5.80. The Hall–Kier alpha value is -2.07. The van der Waals surface area contributed by atoms with Crippen molar-refractivity contribution in [3.63, 3.8) is 0 Å². The summed E-state index contributed by atoms with van der Waals surface area (Å²) in [6, 6.07) is 13.4. The number of nitrogens with one attached hydrogen (secondary N) is 1. The van der Waals surface area contributed by atoms with Crippen molar-refractivity contribution >= 4 is 5.91 Å². The molecule has 2 aromatic rings. The molecule has 4 nitrogen and oxygen atoms in total. The maximum Gasteiger partial charge on any atom is 0.243 e. The molecule has 100 valence electrons. The number of hydrogen-bond acceptors (Lipinski definition) is 2. The summed E-state index contributed by atoms with van der Waals surface area (Å²) >= 11 is 0. The van der Waals surface area contributed by atoms with Crippen LogP contribution in [0.15, 0.2) is 54.9 Å². The fraction of sp³-hybridized carbons (Fsp3) is 0.267. The molecule has 2 N–H and O–H groups in total. The quantitative estimate of drug-likeness (QED) is 0.822. The zero-order valence-electron chi connectivity index (χ0n) is 10.7. The first-order valence-electron chi connectivity index (χ1n) is 6.36. The van der Waals surface area contributed by atoms with E-state index in [4.69, 9.17) is 5.11 Å². The molecule has 0 aliphatic heterocycles. The van der Waals surface area contributed by atoms with Crippen molar-refractivity contribution < 1.29 is 9.90 Å². The van der Waals surface area contributed by atoms with Gasteiger partial charge in [0.2, 0.25) is 5.91 Å². The lowest BCUT2D eigenvalue weighted by atomic mass is 10.1. The third-order valence-electron chi connectivity index (χ3n) is 2.97. The van der Waals surface area contributed by atoms with Crippen molar-refractivity contribution in [2.75, 3.05) is 13.2 Å². The Labute approximate surface area is 112 Å². The summed E-state index contributed by atoms with van der Waals surface area (Å²) in [5.41, 5.74) is 1.11. The van der Waals surface area contributed by atoms with Gasteiger partial charge in [-0.05, 0) is 17.7 Å². The minimum absolute atomic E-state index is 0.0462. The molecule has 0 saturated carbocycles. The van der Waals surface area contributed by atoms with E-state index >= 15 is 0 Å². The summed E-state index contributed by atoms with van der Waals surface area (Å²) in [7, 11) is 0. The molecule has 19 heavy (non-hydrogen) atoms. The molecule has 0 aliphatic carbocycles. The number of aliphatic hydroxyl groups is 1. The number of aliphatic hydroxyl groups excluding tert-OH is 1. The lowest BCUT2D eigenvalue weighted by molar-refractivity contribution is -0.124. The van der Waals surface area contributed by atoms with Crippen LogP contribution in [0.2, 0.25) is 0 Å². The van der Waals surface area contributed by atoms with Gasteiger partial charge >= 0.3 is 0 Å². The van der Waals surface area contributed by atoms with Gasteiger partial charge in [0.1, 0.15) is 6.04 Å². The summed E-state index contributed by atoms with van der Waals surface area (Å²) < 4.78 is 1.89. The fourth-order valence-corrected chi connectivity index (χ4v) is 2.02. The first-order valence-corrected chi connectivity index (χ1v) is 6.36. The van der Waals surface area contributed by atoms with Gasteiger partial charge in [0.15, 0.2) is 0 Å². The number of hydrogen-bond donors (Lipinski definition) is 2. The molecule has 0 saturated heterocycles. The first kappa shape index (κ1) is 13.4. The van der Waals surface area contributed by atoms with Crippen LogP contribution in [0.25, 0.3) is 0 Å². The van der Waals surface area contributed by atoms with E-state index in [0.29, 0.717) is 6.42 Å². The van der Waals surface area contributed by atoms with E-state index in [-0.39, 0.29) is 25.1 Å². The Bertz CT molecular complexity index is 494. The van der Waals surface area contributed by atoms with Crippen LogP contribution in [0.5, 0.6) is 0 Å². The van der Waals surface area contributed by atoms with E-state index in [9.17, 15) is 4.79 Å². The molecule has 0 bridgehead atoms. The third kappa shape index (κ3) is 3.69. The van der Waals surface area contributed by atoms with Gasteiger partial charge < -0.3 is 15.0 Å². The molecule has 0 unspecified atom stereocenters. The summed E-state index contributed by atoms with van der Waals surface area (Å²) in [6.45, 7) is 0.237. The number of aromatic nitrogens is 1. The third-order valence-corrected chi connectivity index (χ3v) is 2.97. The topological polar surface area (TPSA) is 54.3 Å². The van der Waals surface area contributed by atoms with E-state index in [1.54, 1.807) is 0 Å². The number of rotatable bonds is 6. The smallest absolute Gasteiger partial charge is 0.243 e. The molecule has 0 radical (unpaired) electrons. The van der Waals surface area contributed by atoms with Crippen LogP contribution in [0, 0.1) is 0 Å². The molecule has 2 rings (SSSR count). The van der Waals surface area contributed by atoms with Crippen LogP contribution in [0.1, 0.15) is 11.6 Å². The van der Waals surface area contributed by atoms with Gasteiger partial charge in [-0.2, -0.15) is 0 Å². The molecule has 4 heteroatoms. The summed E-state index contributed by atoms with van der Waals surface area (Å²) in [6.07, 6.45) is 4.39. The van der Waals surface area contributed by atoms with Crippen molar-refractivity contribution in [2.24, 2.45) is 0 Å². The fourth-order valence-electron chi connectivity index (χ4n) is 2.02. The Morgan fingerprint density at radius 2 is 1.84 bits per heavy atom. The van der Waals surface area contributed by atoms with Crippen molar-refractivity contribution in [1.82, 2.24) is 9.88 Å². The summed E-state index contributed by atoms with van der Waals surface area (Å²) in [4.78, 5) is 12.2. The van der Waals surface area contributed by atoms with Gasteiger partial charge in [0.25, 0.3) is 0 Å². The van der Waals surface area contributed by atoms with Crippen LogP contribution in [-0.4, -0.2) is 28.7 Å². The predicted molar refractivity (Wildman–Crippen MR) is 73.7 cm³/mol. The van der Waals surface area contributed by atoms with Crippen molar-refractivity contribution in [3.8, 4) is 0 Å². The average Bonchev–Trinajstić information content (AvgIpc) is 2.97. The van der Waals surface area contributed by atoms with Crippen LogP contribution < -0.4 is 5.32 Å². The van der Waals surface area contributed by atoms with Gasteiger partial charge in [-0.15, -0.1) is 0 Å². The highest BCUT2D eigenvalue weighted by atomic mass is 16.3. The molecular formula is C15H18N2O2. The lowest BCUT2D eigenvalue weighted by Gasteiger charge is -2.18. The van der Waals surface area contributed by atoms with E-state index in [1.807, 2.05) is 59.4 Å². The molecule has 1 aromatic carbocycles. The minimum Gasteiger partial charge on any atom is -0.395 e. The zero-order chi connectivity index (χ0) is 13.5. The number of nitrogens with zero attached hydrogens (tertiary/aromatic N) is 1. The first-order chi connectivity index (χ1) is 9.31. The largest absolute Gasteiger partial charge is 0.395 e. The van der Waals surface area contributed by atoms with E-state index < -0.39 is 0 Å². The van der Waals surface area contributed by atoms with Crippen LogP contribution >= 0.6 is 0 Å². The van der Waals surface area contributed by atoms with Gasteiger partial charge in [-0.3, -0.25) is 4.79 Å². The number of carbonyl (C=O) groups is 1. The standard InChI is InChI=1S/C15H18N2O2/c18-11-8-16-15(19)14(17-9-4-5-10-17)12-13-6-2-1-3-7-13/h1-7,9-10,14,18H,8,11-12H2,(H,16,19)/t14-/m0/s1. The van der Waals surface area contributed by atoms with Crippen molar-refractivity contribution in [2.45, 2.75) is 12.5 Å². The van der Waals surface area contributed by atoms with Crippen molar-refractivity contribution in [1.29, 1.82) is 0 Å². The molecule has 0 aliphatic rings. The Morgan fingerprint density at radius 1 is 1.16 bits per heavy atom. The minimum atomic E-state index is -0.288. The molecule has 1 amide bonds.